The molecule has 0 aliphatic heterocycles. The van der Waals surface area contributed by atoms with Crippen LogP contribution in [-0.4, -0.2) is 25.5 Å². The Balaban J connectivity index is 3.11. The van der Waals surface area contributed by atoms with E-state index in [1.54, 1.807) is 3.58 Å². The van der Waals surface area contributed by atoms with Gasteiger partial charge in [0.2, 0.25) is 0 Å². The van der Waals surface area contributed by atoms with E-state index < -0.39 is 0 Å². The number of allylic oxidation sites excluding steroid dienone is 1. The summed E-state index contributed by atoms with van der Waals surface area (Å²) in [5.74, 6) is 0. The minimum Gasteiger partial charge on any atom is -0.309 e. The van der Waals surface area contributed by atoms with Crippen LogP contribution in [0.15, 0.2) is 5.17 Å². The fourth-order valence-corrected chi connectivity index (χ4v) is 3.31. The number of hydrogen-bond donors (Lipinski definition) is 0. The summed E-state index contributed by atoms with van der Waals surface area (Å²) in [7, 11) is 4.33. The van der Waals surface area contributed by atoms with Gasteiger partial charge < -0.3 is 4.90 Å². The van der Waals surface area contributed by atoms with E-state index >= 15 is 0 Å². The van der Waals surface area contributed by atoms with Crippen LogP contribution >= 0.6 is 67.8 Å². The summed E-state index contributed by atoms with van der Waals surface area (Å²) < 4.78 is 2.99. The Labute approximate surface area is 173 Å². The minimum absolute atomic E-state index is 1.25. The maximum absolute atomic E-state index is 2.49. The molecule has 0 amide bonds. The minimum atomic E-state index is 1.25. The second-order valence-electron chi connectivity index (χ2n) is 6.11. The molecule has 0 spiro atoms. The SMILES string of the molecule is CN(C)CCCCCCCCCCCCCC(I)=C(I)I. The third-order valence-corrected chi connectivity index (χ3v) is 8.15. The summed E-state index contributed by atoms with van der Waals surface area (Å²) in [6, 6.07) is 0. The molecule has 21 heavy (non-hydrogen) atoms. The molecule has 0 aliphatic carbocycles. The maximum Gasteiger partial charge on any atom is 0.0606 e. The van der Waals surface area contributed by atoms with E-state index in [-0.39, 0.29) is 0 Å². The molecule has 0 aromatic heterocycles. The molecular formula is C17H32I3N. The lowest BCUT2D eigenvalue weighted by Gasteiger charge is -2.08. The molecule has 0 aliphatic rings. The average Bonchev–Trinajstić information content (AvgIpc) is 2.43. The molecule has 0 bridgehead atoms. The topological polar surface area (TPSA) is 3.24 Å². The molecule has 1 nitrogen and oxygen atoms in total. The van der Waals surface area contributed by atoms with E-state index in [4.69, 9.17) is 0 Å². The molecule has 0 atom stereocenters. The Bertz CT molecular complexity index is 261. The summed E-state index contributed by atoms with van der Waals surface area (Å²) in [4.78, 5) is 2.29. The molecule has 126 valence electrons. The Morgan fingerprint density at radius 2 is 1.00 bits per heavy atom. The molecule has 0 saturated heterocycles. The highest BCUT2D eigenvalue weighted by molar-refractivity contribution is 14.2. The first-order chi connectivity index (χ1) is 10.0. The second kappa shape index (κ2) is 16.7. The molecule has 0 unspecified atom stereocenters. The monoisotopic (exact) mass is 631 g/mol. The van der Waals surface area contributed by atoms with Crippen LogP contribution in [0, 0.1) is 0 Å². The van der Waals surface area contributed by atoms with Crippen LogP contribution in [0.4, 0.5) is 0 Å². The van der Waals surface area contributed by atoms with Gasteiger partial charge in [0.15, 0.2) is 0 Å². The lowest BCUT2D eigenvalue weighted by atomic mass is 10.1. The van der Waals surface area contributed by atoms with Crippen LogP contribution in [0.2, 0.25) is 0 Å². The van der Waals surface area contributed by atoms with E-state index in [1.807, 2.05) is 0 Å². The van der Waals surface area contributed by atoms with Crippen molar-refractivity contribution in [2.24, 2.45) is 0 Å². The maximum atomic E-state index is 2.49. The normalized spacial score (nSPS) is 11.1. The molecule has 0 radical (unpaired) electrons. The zero-order chi connectivity index (χ0) is 15.9. The average molecular weight is 631 g/mol. The third-order valence-electron chi connectivity index (χ3n) is 3.71. The molecule has 0 aromatic rings. The number of rotatable bonds is 14. The van der Waals surface area contributed by atoms with Crippen molar-refractivity contribution in [2.75, 3.05) is 20.6 Å². The van der Waals surface area contributed by atoms with Crippen molar-refractivity contribution in [1.29, 1.82) is 0 Å². The molecule has 0 rings (SSSR count). The van der Waals surface area contributed by atoms with E-state index in [2.05, 4.69) is 86.8 Å². The largest absolute Gasteiger partial charge is 0.309 e. The quantitative estimate of drug-likeness (QED) is 0.140. The van der Waals surface area contributed by atoms with Crippen LogP contribution in [0.1, 0.15) is 77.0 Å². The number of nitrogens with zero attached hydrogens (tertiary/aromatic N) is 1. The lowest BCUT2D eigenvalue weighted by Crippen LogP contribution is -2.12. The van der Waals surface area contributed by atoms with Gasteiger partial charge >= 0.3 is 0 Å². The van der Waals surface area contributed by atoms with Crippen molar-refractivity contribution in [3.63, 3.8) is 0 Å². The van der Waals surface area contributed by atoms with Gasteiger partial charge in [0.25, 0.3) is 0 Å². The Kier molecular flexibility index (Phi) is 18.2. The van der Waals surface area contributed by atoms with Crippen LogP contribution in [0.3, 0.4) is 0 Å². The number of halogens is 3. The van der Waals surface area contributed by atoms with Crippen LogP contribution in [0.25, 0.3) is 0 Å². The Hall–Kier alpha value is 1.89. The predicted molar refractivity (Wildman–Crippen MR) is 123 cm³/mol. The van der Waals surface area contributed by atoms with Gasteiger partial charge in [-0.05, 0) is 108 Å². The van der Waals surface area contributed by atoms with Gasteiger partial charge in [-0.25, -0.2) is 0 Å². The van der Waals surface area contributed by atoms with E-state index in [0.29, 0.717) is 0 Å². The van der Waals surface area contributed by atoms with Gasteiger partial charge in [-0.1, -0.05) is 57.8 Å². The van der Waals surface area contributed by atoms with E-state index in [9.17, 15) is 0 Å². The highest BCUT2D eigenvalue weighted by Crippen LogP contribution is 2.29. The van der Waals surface area contributed by atoms with Crippen molar-refractivity contribution in [1.82, 2.24) is 4.90 Å². The molecule has 0 saturated carbocycles. The van der Waals surface area contributed by atoms with Crippen LogP contribution < -0.4 is 0 Å². The summed E-state index contributed by atoms with van der Waals surface area (Å²) >= 11 is 7.34. The van der Waals surface area contributed by atoms with Crippen molar-refractivity contribution in [3.05, 3.63) is 5.17 Å². The number of hydrogen-bond acceptors (Lipinski definition) is 1. The van der Waals surface area contributed by atoms with Gasteiger partial charge in [-0.2, -0.15) is 0 Å². The van der Waals surface area contributed by atoms with Crippen molar-refractivity contribution in [3.8, 4) is 0 Å². The summed E-state index contributed by atoms with van der Waals surface area (Å²) in [5, 5.41) is 0. The molecule has 0 aromatic carbocycles. The Morgan fingerprint density at radius 1 is 0.619 bits per heavy atom. The summed E-state index contributed by atoms with van der Waals surface area (Å²) in [5.41, 5.74) is 0. The first kappa shape index (κ1) is 22.9. The van der Waals surface area contributed by atoms with Crippen molar-refractivity contribution in [2.45, 2.75) is 77.0 Å². The fraction of sp³-hybridized carbons (Fsp3) is 0.882. The first-order valence-corrected chi connectivity index (χ1v) is 11.6. The first-order valence-electron chi connectivity index (χ1n) is 8.38. The highest BCUT2D eigenvalue weighted by Gasteiger charge is 1.98. The van der Waals surface area contributed by atoms with Crippen molar-refractivity contribution < 1.29 is 0 Å². The smallest absolute Gasteiger partial charge is 0.0606 e. The molecular weight excluding hydrogens is 599 g/mol. The second-order valence-corrected chi connectivity index (χ2v) is 11.6. The van der Waals surface area contributed by atoms with Crippen LogP contribution in [0.5, 0.6) is 0 Å². The molecule has 4 heteroatoms. The highest BCUT2D eigenvalue weighted by atomic mass is 127. The summed E-state index contributed by atoms with van der Waals surface area (Å²) in [6.45, 7) is 1.25. The standard InChI is InChI=1S/C17H32I3N/c1-21(2)15-13-11-9-7-5-3-4-6-8-10-12-14-16(18)17(19)20/h3-15H2,1-2H3. The number of unbranched alkanes of at least 4 members (excludes halogenated alkanes) is 10. The fourth-order valence-electron chi connectivity index (χ4n) is 2.39. The van der Waals surface area contributed by atoms with Crippen molar-refractivity contribution >= 4 is 67.8 Å². The molecule has 0 heterocycles. The van der Waals surface area contributed by atoms with E-state index in [1.165, 1.54) is 85.2 Å². The zero-order valence-corrected chi connectivity index (χ0v) is 20.2. The van der Waals surface area contributed by atoms with Gasteiger partial charge in [0.05, 0.1) is 1.59 Å². The van der Waals surface area contributed by atoms with Crippen LogP contribution in [-0.2, 0) is 0 Å². The zero-order valence-electron chi connectivity index (χ0n) is 13.8. The summed E-state index contributed by atoms with van der Waals surface area (Å²) in [6.07, 6.45) is 17.0. The van der Waals surface area contributed by atoms with Gasteiger partial charge in [-0.3, -0.25) is 0 Å². The van der Waals surface area contributed by atoms with Gasteiger partial charge in [0.1, 0.15) is 0 Å². The van der Waals surface area contributed by atoms with Gasteiger partial charge in [0, 0.05) is 3.58 Å². The third kappa shape index (κ3) is 18.1. The van der Waals surface area contributed by atoms with E-state index in [0.717, 1.165) is 0 Å². The Morgan fingerprint density at radius 3 is 1.38 bits per heavy atom. The molecule has 0 fully saturated rings. The van der Waals surface area contributed by atoms with Gasteiger partial charge in [-0.15, -0.1) is 0 Å². The molecule has 0 N–H and O–H groups in total. The predicted octanol–water partition coefficient (Wildman–Crippen LogP) is 7.70. The lowest BCUT2D eigenvalue weighted by molar-refractivity contribution is 0.389.